The quantitative estimate of drug-likeness (QED) is 0.744. The molecule has 2 nitrogen and oxygen atoms in total. The van der Waals surface area contributed by atoms with Crippen molar-refractivity contribution in [1.29, 1.82) is 0 Å². The molecule has 0 heterocycles. The van der Waals surface area contributed by atoms with Gasteiger partial charge in [-0.2, -0.15) is 11.8 Å². The molecule has 1 atom stereocenters. The lowest BCUT2D eigenvalue weighted by Gasteiger charge is -2.17. The molecule has 0 bridgehead atoms. The molecule has 2 N–H and O–H groups in total. The highest BCUT2D eigenvalue weighted by Gasteiger charge is 2.11. The summed E-state index contributed by atoms with van der Waals surface area (Å²) in [5, 5.41) is 15.9. The molecule has 0 saturated carbocycles. The summed E-state index contributed by atoms with van der Waals surface area (Å²) in [6, 6.07) is 12.2. The van der Waals surface area contributed by atoms with Crippen LogP contribution in [0.3, 0.4) is 0 Å². The van der Waals surface area contributed by atoms with Gasteiger partial charge >= 0.3 is 0 Å². The van der Waals surface area contributed by atoms with Gasteiger partial charge in [0.15, 0.2) is 0 Å². The van der Waals surface area contributed by atoms with E-state index in [1.54, 1.807) is 0 Å². The minimum atomic E-state index is 0.175. The van der Waals surface area contributed by atoms with Crippen molar-refractivity contribution < 1.29 is 5.11 Å². The molecule has 0 aliphatic rings. The molecular formula is C17H23NOS. The predicted molar refractivity (Wildman–Crippen MR) is 89.6 cm³/mol. The van der Waals surface area contributed by atoms with Crippen molar-refractivity contribution >= 4 is 22.5 Å². The van der Waals surface area contributed by atoms with Crippen molar-refractivity contribution in [3.05, 3.63) is 42.0 Å². The van der Waals surface area contributed by atoms with Gasteiger partial charge in [-0.25, -0.2) is 0 Å². The second kappa shape index (κ2) is 7.55. The Morgan fingerprint density at radius 3 is 2.75 bits per heavy atom. The standard InChI is InChI=1S/C17H23NOS/c1-13(18-11-5-6-12-20-2)15-10-9-14-7-3-4-8-16(14)17(15)19/h3-4,7-10,13,18-19H,5-6,11-12H2,1-2H3. The molecule has 2 rings (SSSR count). The Balaban J connectivity index is 2.03. The third kappa shape index (κ3) is 3.68. The van der Waals surface area contributed by atoms with E-state index in [9.17, 15) is 5.11 Å². The molecule has 0 spiro atoms. The van der Waals surface area contributed by atoms with Crippen molar-refractivity contribution in [2.75, 3.05) is 18.6 Å². The van der Waals surface area contributed by atoms with Crippen LogP contribution in [0.2, 0.25) is 0 Å². The fourth-order valence-electron chi connectivity index (χ4n) is 2.42. The number of hydrogen-bond acceptors (Lipinski definition) is 3. The third-order valence-corrected chi connectivity index (χ3v) is 4.32. The van der Waals surface area contributed by atoms with Gasteiger partial charge in [-0.1, -0.05) is 36.4 Å². The second-order valence-corrected chi connectivity index (χ2v) is 6.09. The Morgan fingerprint density at radius 1 is 1.15 bits per heavy atom. The van der Waals surface area contributed by atoms with Crippen molar-refractivity contribution in [1.82, 2.24) is 5.32 Å². The Kier molecular flexibility index (Phi) is 5.74. The van der Waals surface area contributed by atoms with Crippen LogP contribution in [-0.2, 0) is 0 Å². The lowest BCUT2D eigenvalue weighted by molar-refractivity contribution is 0.457. The molecule has 0 aromatic heterocycles. The number of aromatic hydroxyl groups is 1. The fraction of sp³-hybridized carbons (Fsp3) is 0.412. The van der Waals surface area contributed by atoms with Crippen molar-refractivity contribution in [2.45, 2.75) is 25.8 Å². The highest BCUT2D eigenvalue weighted by Crippen LogP contribution is 2.32. The zero-order valence-corrected chi connectivity index (χ0v) is 13.0. The topological polar surface area (TPSA) is 32.3 Å². The summed E-state index contributed by atoms with van der Waals surface area (Å²) < 4.78 is 0. The molecule has 0 radical (unpaired) electrons. The Bertz CT molecular complexity index is 556. The Morgan fingerprint density at radius 2 is 1.95 bits per heavy atom. The van der Waals surface area contributed by atoms with Crippen LogP contribution in [0.4, 0.5) is 0 Å². The second-order valence-electron chi connectivity index (χ2n) is 5.10. The number of benzene rings is 2. The summed E-state index contributed by atoms with van der Waals surface area (Å²) in [7, 11) is 0. The molecular weight excluding hydrogens is 266 g/mol. The van der Waals surface area contributed by atoms with Gasteiger partial charge < -0.3 is 10.4 Å². The number of phenolic OH excluding ortho intramolecular Hbond substituents is 1. The SMILES string of the molecule is CSCCCCNC(C)c1ccc2ccccc2c1O. The summed E-state index contributed by atoms with van der Waals surface area (Å²) in [6.07, 6.45) is 4.56. The molecule has 0 aliphatic heterocycles. The van der Waals surface area contributed by atoms with Crippen LogP contribution in [-0.4, -0.2) is 23.7 Å². The van der Waals surface area contributed by atoms with E-state index in [4.69, 9.17) is 0 Å². The number of rotatable bonds is 7. The number of hydrogen-bond donors (Lipinski definition) is 2. The van der Waals surface area contributed by atoms with Crippen molar-refractivity contribution in [3.8, 4) is 5.75 Å². The summed E-state index contributed by atoms with van der Waals surface area (Å²) in [5.41, 5.74) is 0.980. The number of thioether (sulfide) groups is 1. The maximum atomic E-state index is 10.4. The average molecular weight is 289 g/mol. The van der Waals surface area contributed by atoms with E-state index in [2.05, 4.69) is 24.6 Å². The molecule has 2 aromatic carbocycles. The molecule has 0 aliphatic carbocycles. The Hall–Kier alpha value is -1.19. The molecule has 108 valence electrons. The van der Waals surface area contributed by atoms with Gasteiger partial charge in [-0.05, 0) is 43.7 Å². The van der Waals surface area contributed by atoms with E-state index in [-0.39, 0.29) is 6.04 Å². The zero-order valence-electron chi connectivity index (χ0n) is 12.2. The molecule has 0 fully saturated rings. The van der Waals surface area contributed by atoms with Crippen LogP contribution in [0.25, 0.3) is 10.8 Å². The van der Waals surface area contributed by atoms with Crippen LogP contribution in [0.1, 0.15) is 31.4 Å². The first-order chi connectivity index (χ1) is 9.74. The van der Waals surface area contributed by atoms with Crippen LogP contribution >= 0.6 is 11.8 Å². The van der Waals surface area contributed by atoms with Crippen LogP contribution in [0, 0.1) is 0 Å². The summed E-state index contributed by atoms with van der Waals surface area (Å²) in [4.78, 5) is 0. The van der Waals surface area contributed by atoms with E-state index in [0.29, 0.717) is 5.75 Å². The van der Waals surface area contributed by atoms with E-state index in [1.807, 2.05) is 42.1 Å². The van der Waals surface area contributed by atoms with E-state index in [0.717, 1.165) is 22.9 Å². The summed E-state index contributed by atoms with van der Waals surface area (Å²) >= 11 is 1.89. The van der Waals surface area contributed by atoms with E-state index >= 15 is 0 Å². The first kappa shape index (κ1) is 15.2. The monoisotopic (exact) mass is 289 g/mol. The van der Waals surface area contributed by atoms with E-state index < -0.39 is 0 Å². The van der Waals surface area contributed by atoms with Crippen LogP contribution in [0.5, 0.6) is 5.75 Å². The third-order valence-electron chi connectivity index (χ3n) is 3.62. The molecule has 20 heavy (non-hydrogen) atoms. The number of unbranched alkanes of at least 4 members (excludes halogenated alkanes) is 1. The smallest absolute Gasteiger partial charge is 0.128 e. The molecule has 0 amide bonds. The lowest BCUT2D eigenvalue weighted by Crippen LogP contribution is -2.20. The summed E-state index contributed by atoms with van der Waals surface area (Å²) in [6.45, 7) is 3.10. The fourth-order valence-corrected chi connectivity index (χ4v) is 2.91. The Labute approximate surface area is 125 Å². The molecule has 0 saturated heterocycles. The van der Waals surface area contributed by atoms with Crippen LogP contribution in [0.15, 0.2) is 36.4 Å². The van der Waals surface area contributed by atoms with Gasteiger partial charge in [0.25, 0.3) is 0 Å². The number of nitrogens with one attached hydrogen (secondary N) is 1. The molecule has 2 aromatic rings. The van der Waals surface area contributed by atoms with E-state index in [1.165, 1.54) is 18.6 Å². The molecule has 3 heteroatoms. The summed E-state index contributed by atoms with van der Waals surface area (Å²) in [5.74, 6) is 1.63. The largest absolute Gasteiger partial charge is 0.507 e. The lowest BCUT2D eigenvalue weighted by atomic mass is 10.0. The van der Waals surface area contributed by atoms with Gasteiger partial charge in [-0.3, -0.25) is 0 Å². The van der Waals surface area contributed by atoms with Gasteiger partial charge in [0.2, 0.25) is 0 Å². The van der Waals surface area contributed by atoms with Gasteiger partial charge in [-0.15, -0.1) is 0 Å². The predicted octanol–water partition coefficient (Wildman–Crippen LogP) is 4.34. The van der Waals surface area contributed by atoms with Crippen molar-refractivity contribution in [2.24, 2.45) is 0 Å². The minimum absolute atomic E-state index is 0.175. The first-order valence-electron chi connectivity index (χ1n) is 7.17. The van der Waals surface area contributed by atoms with Gasteiger partial charge in [0.05, 0.1) is 0 Å². The number of fused-ring (bicyclic) bond motifs is 1. The maximum absolute atomic E-state index is 10.4. The number of phenols is 1. The molecule has 1 unspecified atom stereocenters. The van der Waals surface area contributed by atoms with Crippen molar-refractivity contribution in [3.63, 3.8) is 0 Å². The normalized spacial score (nSPS) is 12.7. The first-order valence-corrected chi connectivity index (χ1v) is 8.56. The van der Waals surface area contributed by atoms with Crippen LogP contribution < -0.4 is 5.32 Å². The minimum Gasteiger partial charge on any atom is -0.507 e. The maximum Gasteiger partial charge on any atom is 0.128 e. The highest BCUT2D eigenvalue weighted by atomic mass is 32.2. The van der Waals surface area contributed by atoms with Gasteiger partial charge in [0.1, 0.15) is 5.75 Å². The zero-order chi connectivity index (χ0) is 14.4. The highest BCUT2D eigenvalue weighted by molar-refractivity contribution is 7.98. The average Bonchev–Trinajstić information content (AvgIpc) is 2.47. The van der Waals surface area contributed by atoms with Gasteiger partial charge in [0, 0.05) is 17.0 Å².